The van der Waals surface area contributed by atoms with Crippen LogP contribution in [0.3, 0.4) is 0 Å². The maximum atomic E-state index is 12.3. The molecule has 1 unspecified atom stereocenters. The third kappa shape index (κ3) is 8.54. The minimum atomic E-state index is -0.240. The van der Waals surface area contributed by atoms with Crippen molar-refractivity contribution in [3.05, 3.63) is 35.9 Å². The van der Waals surface area contributed by atoms with E-state index in [1.54, 1.807) is 4.90 Å². The summed E-state index contributed by atoms with van der Waals surface area (Å²) in [5.74, 6) is 0.0122. The second-order valence-electron chi connectivity index (χ2n) is 8.86. The van der Waals surface area contributed by atoms with E-state index < -0.39 is 0 Å². The fraction of sp³-hybridized carbons (Fsp3) is 0.619. The molecule has 6 nitrogen and oxygen atoms in total. The van der Waals surface area contributed by atoms with Crippen LogP contribution in [0.4, 0.5) is 0 Å². The van der Waals surface area contributed by atoms with E-state index in [0.717, 1.165) is 37.4 Å². The zero-order chi connectivity index (χ0) is 19.9. The van der Waals surface area contributed by atoms with Crippen molar-refractivity contribution in [2.24, 2.45) is 0 Å². The average molecular weight is 377 g/mol. The molecule has 0 saturated carbocycles. The highest BCUT2D eigenvalue weighted by molar-refractivity contribution is 5.79. The molecule has 1 saturated heterocycles. The van der Waals surface area contributed by atoms with Crippen molar-refractivity contribution in [1.29, 1.82) is 0 Å². The zero-order valence-corrected chi connectivity index (χ0v) is 17.2. The number of benzene rings is 1. The Hall–Kier alpha value is -1.92. The van der Waals surface area contributed by atoms with Crippen LogP contribution in [0.1, 0.15) is 39.2 Å². The van der Waals surface area contributed by atoms with Gasteiger partial charge in [0.15, 0.2) is 13.1 Å². The second-order valence-corrected chi connectivity index (χ2v) is 8.86. The van der Waals surface area contributed by atoms with E-state index in [-0.39, 0.29) is 23.4 Å². The topological polar surface area (TPSA) is 67.1 Å². The predicted octanol–water partition coefficient (Wildman–Crippen LogP) is -1.22. The molecular weight excluding hydrogens is 340 g/mol. The van der Waals surface area contributed by atoms with Gasteiger partial charge in [0.25, 0.3) is 11.8 Å². The number of likely N-dealkylation sites (N-methyl/N-ethyl adjacent to an activating group) is 1. The molecule has 1 fully saturated rings. The number of piperidine rings is 1. The number of quaternary nitrogens is 2. The van der Waals surface area contributed by atoms with Gasteiger partial charge in [-0.15, -0.1) is 0 Å². The highest BCUT2D eigenvalue weighted by Gasteiger charge is 2.25. The predicted molar refractivity (Wildman–Crippen MR) is 107 cm³/mol. The number of hydrogen-bond acceptors (Lipinski definition) is 2. The third-order valence-electron chi connectivity index (χ3n) is 4.79. The maximum absolute atomic E-state index is 12.3. The Kier molecular flexibility index (Phi) is 7.80. The zero-order valence-electron chi connectivity index (χ0n) is 17.2. The Morgan fingerprint density at radius 3 is 2.26 bits per heavy atom. The molecule has 27 heavy (non-hydrogen) atoms. The van der Waals surface area contributed by atoms with Crippen molar-refractivity contribution in [1.82, 2.24) is 10.6 Å². The van der Waals surface area contributed by atoms with Gasteiger partial charge in [0.05, 0.1) is 20.1 Å². The number of hydrogen-bond donors (Lipinski definition) is 4. The first-order valence-corrected chi connectivity index (χ1v) is 10.0. The van der Waals surface area contributed by atoms with Gasteiger partial charge in [-0.25, -0.2) is 0 Å². The number of carbonyl (C=O) groups excluding carboxylic acids is 2. The van der Waals surface area contributed by atoms with E-state index in [9.17, 15) is 9.59 Å². The van der Waals surface area contributed by atoms with Crippen LogP contribution in [0.25, 0.3) is 0 Å². The Morgan fingerprint density at radius 1 is 1.07 bits per heavy atom. The second kappa shape index (κ2) is 9.85. The van der Waals surface area contributed by atoms with Crippen LogP contribution in [0.2, 0.25) is 0 Å². The van der Waals surface area contributed by atoms with Crippen LogP contribution in [0.15, 0.2) is 30.3 Å². The monoisotopic (exact) mass is 376 g/mol. The van der Waals surface area contributed by atoms with E-state index in [1.807, 2.05) is 33.9 Å². The van der Waals surface area contributed by atoms with Gasteiger partial charge in [-0.05, 0) is 20.8 Å². The van der Waals surface area contributed by atoms with Gasteiger partial charge in [0, 0.05) is 30.0 Å². The first kappa shape index (κ1) is 21.4. The largest absolute Gasteiger partial charge is 0.348 e. The maximum Gasteiger partial charge on any atom is 0.275 e. The average Bonchev–Trinajstić information content (AvgIpc) is 2.55. The van der Waals surface area contributed by atoms with E-state index >= 15 is 0 Å². The summed E-state index contributed by atoms with van der Waals surface area (Å²) in [5, 5.41) is 6.09. The van der Waals surface area contributed by atoms with Crippen molar-refractivity contribution in [2.45, 2.75) is 51.7 Å². The van der Waals surface area contributed by atoms with Gasteiger partial charge in [-0.1, -0.05) is 30.3 Å². The third-order valence-corrected chi connectivity index (χ3v) is 4.79. The molecule has 0 bridgehead atoms. The molecule has 0 aliphatic carbocycles. The van der Waals surface area contributed by atoms with Crippen LogP contribution in [-0.4, -0.2) is 56.6 Å². The minimum absolute atomic E-state index is 0.0226. The molecule has 0 radical (unpaired) electrons. The molecule has 1 aliphatic rings. The molecule has 2 amide bonds. The summed E-state index contributed by atoms with van der Waals surface area (Å²) < 4.78 is 0. The lowest BCUT2D eigenvalue weighted by molar-refractivity contribution is -0.918. The van der Waals surface area contributed by atoms with Crippen LogP contribution in [0, 0.1) is 0 Å². The van der Waals surface area contributed by atoms with Crippen molar-refractivity contribution in [2.75, 3.05) is 33.2 Å². The van der Waals surface area contributed by atoms with Gasteiger partial charge >= 0.3 is 0 Å². The van der Waals surface area contributed by atoms with Crippen molar-refractivity contribution in [3.63, 3.8) is 0 Å². The van der Waals surface area contributed by atoms with Crippen molar-refractivity contribution < 1.29 is 19.4 Å². The quantitative estimate of drug-likeness (QED) is 0.482. The van der Waals surface area contributed by atoms with E-state index in [2.05, 4.69) is 34.9 Å². The lowest BCUT2D eigenvalue weighted by Gasteiger charge is -2.30. The van der Waals surface area contributed by atoms with Crippen LogP contribution < -0.4 is 20.4 Å². The van der Waals surface area contributed by atoms with Gasteiger partial charge in [0.1, 0.15) is 6.54 Å². The number of amides is 2. The summed E-state index contributed by atoms with van der Waals surface area (Å²) in [6.07, 6.45) is 2.02. The van der Waals surface area contributed by atoms with Gasteiger partial charge in [0.2, 0.25) is 0 Å². The molecule has 2 rings (SSSR count). The summed E-state index contributed by atoms with van der Waals surface area (Å²) in [6.45, 7) is 9.72. The van der Waals surface area contributed by atoms with E-state index in [0.29, 0.717) is 13.1 Å². The molecule has 4 N–H and O–H groups in total. The normalized spacial score (nSPS) is 21.3. The van der Waals surface area contributed by atoms with Crippen LogP contribution in [-0.2, 0) is 16.1 Å². The first-order chi connectivity index (χ1) is 12.7. The molecule has 1 aromatic rings. The molecule has 6 heteroatoms. The summed E-state index contributed by atoms with van der Waals surface area (Å²) >= 11 is 0. The highest BCUT2D eigenvalue weighted by Crippen LogP contribution is 2.01. The molecule has 150 valence electrons. The lowest BCUT2D eigenvalue weighted by atomic mass is 10.0. The van der Waals surface area contributed by atoms with Crippen LogP contribution >= 0.6 is 0 Å². The van der Waals surface area contributed by atoms with Crippen molar-refractivity contribution in [3.8, 4) is 0 Å². The van der Waals surface area contributed by atoms with E-state index in [1.165, 1.54) is 5.56 Å². The van der Waals surface area contributed by atoms with Crippen LogP contribution in [0.5, 0.6) is 0 Å². The molecule has 1 aliphatic heterocycles. The fourth-order valence-electron chi connectivity index (χ4n) is 3.58. The Morgan fingerprint density at radius 2 is 1.67 bits per heavy atom. The van der Waals surface area contributed by atoms with Crippen molar-refractivity contribution >= 4 is 11.8 Å². The molecule has 1 aromatic carbocycles. The van der Waals surface area contributed by atoms with Gasteiger partial charge in [-0.3, -0.25) is 9.59 Å². The molecule has 1 atom stereocenters. The summed E-state index contributed by atoms with van der Waals surface area (Å²) in [4.78, 5) is 26.7. The molecular formula is C21H36N4O2+2. The number of carbonyl (C=O) groups is 2. The van der Waals surface area contributed by atoms with E-state index in [4.69, 9.17) is 0 Å². The van der Waals surface area contributed by atoms with Gasteiger partial charge in [-0.2, -0.15) is 0 Å². The standard InChI is InChI=1S/C21H34N4O2/c1-21(2,3)23-20(27)16-24(4)15-19(26)22-18-10-12-25(13-11-18)14-17-8-6-5-7-9-17/h5-9,18H,10-16H2,1-4H3,(H,22,26)(H,23,27)/p+2. The summed E-state index contributed by atoms with van der Waals surface area (Å²) in [5.41, 5.74) is 1.13. The molecule has 0 spiro atoms. The SMILES string of the molecule is C[NH+](CC(=O)NC1CC[NH+](Cc2ccccc2)CC1)CC(=O)NC(C)(C)C. The fourth-order valence-corrected chi connectivity index (χ4v) is 3.58. The molecule has 1 heterocycles. The highest BCUT2D eigenvalue weighted by atomic mass is 16.2. The smallest absolute Gasteiger partial charge is 0.275 e. The minimum Gasteiger partial charge on any atom is -0.348 e. The summed E-state index contributed by atoms with van der Waals surface area (Å²) in [7, 11) is 1.88. The lowest BCUT2D eigenvalue weighted by Crippen LogP contribution is -3.12. The Labute approximate surface area is 163 Å². The van der Waals surface area contributed by atoms with Gasteiger partial charge < -0.3 is 20.4 Å². The molecule has 0 aromatic heterocycles. The first-order valence-electron chi connectivity index (χ1n) is 10.0. The Bertz CT molecular complexity index is 604. The number of likely N-dealkylation sites (tertiary alicyclic amines) is 1. The summed E-state index contributed by atoms with van der Waals surface area (Å²) in [6, 6.07) is 10.8. The Balaban J connectivity index is 1.66. The number of nitrogens with one attached hydrogen (secondary N) is 4. The number of rotatable bonds is 7.